The number of rotatable bonds is 8. The van der Waals surface area contributed by atoms with Gasteiger partial charge in [-0.05, 0) is 36.1 Å². The maximum atomic E-state index is 13.0. The van der Waals surface area contributed by atoms with Crippen LogP contribution in [0.1, 0.15) is 46.9 Å². The average Bonchev–Trinajstić information content (AvgIpc) is 3.36. The summed E-state index contributed by atoms with van der Waals surface area (Å²) in [5.74, 6) is -1.62. The van der Waals surface area contributed by atoms with Crippen LogP contribution < -0.4 is 5.32 Å². The maximum Gasteiger partial charge on any atom is 0.407 e. The van der Waals surface area contributed by atoms with Crippen molar-refractivity contribution in [3.05, 3.63) is 77.1 Å². The lowest BCUT2D eigenvalue weighted by Gasteiger charge is -2.25. The smallest absolute Gasteiger partial charge is 0.407 e. The minimum absolute atomic E-state index is 0.00720. The molecular formula is C26H28N4O5. The Labute approximate surface area is 203 Å². The van der Waals surface area contributed by atoms with E-state index in [1.807, 2.05) is 36.4 Å². The first-order chi connectivity index (χ1) is 16.8. The molecule has 1 aliphatic rings. The lowest BCUT2D eigenvalue weighted by Crippen LogP contribution is -2.41. The van der Waals surface area contributed by atoms with E-state index in [0.717, 1.165) is 22.3 Å². The van der Waals surface area contributed by atoms with Crippen molar-refractivity contribution in [2.75, 3.05) is 13.2 Å². The molecule has 2 amide bonds. The molecule has 0 atom stereocenters. The van der Waals surface area contributed by atoms with Gasteiger partial charge in [0.1, 0.15) is 13.2 Å². The molecule has 0 spiro atoms. The van der Waals surface area contributed by atoms with E-state index < -0.39 is 24.5 Å². The van der Waals surface area contributed by atoms with Crippen LogP contribution in [0.15, 0.2) is 54.7 Å². The van der Waals surface area contributed by atoms with Gasteiger partial charge in [0.25, 0.3) is 5.91 Å². The van der Waals surface area contributed by atoms with Crippen molar-refractivity contribution in [2.45, 2.75) is 32.4 Å². The van der Waals surface area contributed by atoms with Crippen LogP contribution in [0.4, 0.5) is 4.79 Å². The van der Waals surface area contributed by atoms with E-state index in [1.165, 1.54) is 15.8 Å². The number of carboxylic acids is 1. The largest absolute Gasteiger partial charge is 0.480 e. The molecule has 9 heteroatoms. The summed E-state index contributed by atoms with van der Waals surface area (Å²) >= 11 is 0. The highest BCUT2D eigenvalue weighted by Gasteiger charge is 2.29. The van der Waals surface area contributed by atoms with Crippen LogP contribution in [0.3, 0.4) is 0 Å². The standard InChI is InChI=1S/C26H28N4O5/c1-16(2)30(14-24(31)32)25(33)21-12-28-29(3)23(21)13-27-26(34)35-15-22-19-10-6-4-8-17(19)18-9-5-7-11-20(18)22/h4-12,16,22H,13-15H2,1-3H3,(H,27,34)(H,31,32). The number of carbonyl (C=O) groups is 3. The second-order valence-electron chi connectivity index (χ2n) is 8.73. The van der Waals surface area contributed by atoms with Crippen molar-refractivity contribution < 1.29 is 24.2 Å². The molecule has 3 aromatic rings. The topological polar surface area (TPSA) is 114 Å². The highest BCUT2D eigenvalue weighted by atomic mass is 16.5. The van der Waals surface area contributed by atoms with Gasteiger partial charge in [0.2, 0.25) is 0 Å². The zero-order valence-corrected chi connectivity index (χ0v) is 19.9. The van der Waals surface area contributed by atoms with E-state index in [4.69, 9.17) is 9.84 Å². The Bertz CT molecular complexity index is 1220. The van der Waals surface area contributed by atoms with E-state index in [0.29, 0.717) is 5.69 Å². The SMILES string of the molecule is CC(C)N(CC(=O)O)C(=O)c1cnn(C)c1CNC(=O)OCC1c2ccccc2-c2ccccc21. The lowest BCUT2D eigenvalue weighted by atomic mass is 9.98. The third-order valence-corrected chi connectivity index (χ3v) is 6.23. The summed E-state index contributed by atoms with van der Waals surface area (Å²) in [4.78, 5) is 38.0. The number of aryl methyl sites for hydroxylation is 1. The summed E-state index contributed by atoms with van der Waals surface area (Å²) in [7, 11) is 1.66. The Balaban J connectivity index is 1.42. The van der Waals surface area contributed by atoms with Crippen molar-refractivity contribution in [3.63, 3.8) is 0 Å². The summed E-state index contributed by atoms with van der Waals surface area (Å²) in [6.07, 6.45) is 0.770. The van der Waals surface area contributed by atoms with Crippen LogP contribution >= 0.6 is 0 Å². The van der Waals surface area contributed by atoms with Crippen LogP contribution in [0.5, 0.6) is 0 Å². The minimum atomic E-state index is -1.10. The van der Waals surface area contributed by atoms with Crippen LogP contribution in [-0.2, 0) is 23.1 Å². The van der Waals surface area contributed by atoms with Crippen LogP contribution in [0.2, 0.25) is 0 Å². The predicted molar refractivity (Wildman–Crippen MR) is 129 cm³/mol. The Kier molecular flexibility index (Phi) is 6.86. The molecule has 1 aliphatic carbocycles. The van der Waals surface area contributed by atoms with Crippen LogP contribution in [-0.4, -0.2) is 57.0 Å². The number of ether oxygens (including phenoxy) is 1. The molecule has 2 N–H and O–H groups in total. The Morgan fingerprint density at radius 1 is 1.09 bits per heavy atom. The number of hydrogen-bond acceptors (Lipinski definition) is 5. The highest BCUT2D eigenvalue weighted by Crippen LogP contribution is 2.44. The molecule has 0 saturated carbocycles. The number of carbonyl (C=O) groups excluding carboxylic acids is 2. The number of aromatic nitrogens is 2. The monoisotopic (exact) mass is 476 g/mol. The maximum absolute atomic E-state index is 13.0. The zero-order chi connectivity index (χ0) is 25.1. The molecule has 1 aromatic heterocycles. The van der Waals surface area contributed by atoms with E-state index in [2.05, 4.69) is 22.5 Å². The quantitative estimate of drug-likeness (QED) is 0.515. The molecule has 0 fully saturated rings. The fraction of sp³-hybridized carbons (Fsp3) is 0.308. The summed E-state index contributed by atoms with van der Waals surface area (Å²) in [6.45, 7) is 3.24. The Morgan fingerprint density at radius 3 is 2.26 bits per heavy atom. The number of amides is 2. The van der Waals surface area contributed by atoms with E-state index in [-0.39, 0.29) is 30.7 Å². The number of benzene rings is 2. The molecule has 0 radical (unpaired) electrons. The number of carboxylic acid groups (broad SMARTS) is 1. The fourth-order valence-corrected chi connectivity index (χ4v) is 4.45. The number of hydrogen-bond donors (Lipinski definition) is 2. The van der Waals surface area contributed by atoms with Crippen molar-refractivity contribution in [3.8, 4) is 11.1 Å². The van der Waals surface area contributed by atoms with Gasteiger partial charge >= 0.3 is 12.1 Å². The molecular weight excluding hydrogens is 448 g/mol. The molecule has 35 heavy (non-hydrogen) atoms. The van der Waals surface area contributed by atoms with E-state index in [9.17, 15) is 14.4 Å². The molecule has 0 saturated heterocycles. The number of alkyl carbamates (subject to hydrolysis) is 1. The lowest BCUT2D eigenvalue weighted by molar-refractivity contribution is -0.138. The van der Waals surface area contributed by atoms with Crippen molar-refractivity contribution in [2.24, 2.45) is 7.05 Å². The molecule has 0 unspecified atom stereocenters. The van der Waals surface area contributed by atoms with Crippen molar-refractivity contribution in [1.82, 2.24) is 20.0 Å². The van der Waals surface area contributed by atoms with Gasteiger partial charge in [-0.2, -0.15) is 5.10 Å². The summed E-state index contributed by atoms with van der Waals surface area (Å²) in [5, 5.41) is 16.0. The normalized spacial score (nSPS) is 12.2. The second-order valence-corrected chi connectivity index (χ2v) is 8.73. The third-order valence-electron chi connectivity index (χ3n) is 6.23. The van der Waals surface area contributed by atoms with Gasteiger partial charge in [-0.3, -0.25) is 14.3 Å². The van der Waals surface area contributed by atoms with Crippen molar-refractivity contribution >= 4 is 18.0 Å². The predicted octanol–water partition coefficient (Wildman–Crippen LogP) is 3.39. The molecule has 4 rings (SSSR count). The van der Waals surface area contributed by atoms with E-state index in [1.54, 1.807) is 20.9 Å². The fourth-order valence-electron chi connectivity index (χ4n) is 4.45. The first-order valence-corrected chi connectivity index (χ1v) is 11.4. The van der Waals surface area contributed by atoms with Gasteiger partial charge < -0.3 is 20.1 Å². The molecule has 1 heterocycles. The molecule has 0 bridgehead atoms. The van der Waals surface area contributed by atoms with Crippen LogP contribution in [0, 0.1) is 0 Å². The van der Waals surface area contributed by atoms with Gasteiger partial charge in [0.05, 0.1) is 24.0 Å². The van der Waals surface area contributed by atoms with Gasteiger partial charge in [0, 0.05) is 19.0 Å². The van der Waals surface area contributed by atoms with Gasteiger partial charge in [-0.25, -0.2) is 4.79 Å². The molecule has 182 valence electrons. The number of aliphatic carboxylic acids is 1. The summed E-state index contributed by atoms with van der Waals surface area (Å²) in [5.41, 5.74) is 5.22. The van der Waals surface area contributed by atoms with Gasteiger partial charge in [-0.1, -0.05) is 48.5 Å². The minimum Gasteiger partial charge on any atom is -0.480 e. The zero-order valence-electron chi connectivity index (χ0n) is 19.9. The van der Waals surface area contributed by atoms with Gasteiger partial charge in [-0.15, -0.1) is 0 Å². The molecule has 0 aliphatic heterocycles. The second kappa shape index (κ2) is 10.0. The van der Waals surface area contributed by atoms with Crippen molar-refractivity contribution in [1.29, 1.82) is 0 Å². The highest BCUT2D eigenvalue weighted by molar-refractivity contribution is 5.97. The number of nitrogens with one attached hydrogen (secondary N) is 1. The summed E-state index contributed by atoms with van der Waals surface area (Å²) in [6, 6.07) is 15.9. The molecule has 9 nitrogen and oxygen atoms in total. The summed E-state index contributed by atoms with van der Waals surface area (Å²) < 4.78 is 7.05. The third kappa shape index (κ3) is 4.89. The Hall–Kier alpha value is -4.14. The first kappa shape index (κ1) is 24.0. The van der Waals surface area contributed by atoms with E-state index >= 15 is 0 Å². The Morgan fingerprint density at radius 2 is 1.69 bits per heavy atom. The van der Waals surface area contributed by atoms with Gasteiger partial charge in [0.15, 0.2) is 0 Å². The number of nitrogens with zero attached hydrogens (tertiary/aromatic N) is 3. The molecule has 2 aromatic carbocycles. The average molecular weight is 477 g/mol. The van der Waals surface area contributed by atoms with Crippen LogP contribution in [0.25, 0.3) is 11.1 Å². The number of fused-ring (bicyclic) bond motifs is 3. The first-order valence-electron chi connectivity index (χ1n) is 11.4.